The smallest absolute Gasteiger partial charge is 0.222 e. The van der Waals surface area contributed by atoms with E-state index in [4.69, 9.17) is 9.47 Å². The van der Waals surface area contributed by atoms with E-state index in [2.05, 4.69) is 15.9 Å². The van der Waals surface area contributed by atoms with Crippen LogP contribution in [-0.2, 0) is 9.53 Å². The van der Waals surface area contributed by atoms with Crippen LogP contribution in [0.4, 0.5) is 0 Å². The molecule has 4 nitrogen and oxygen atoms in total. The summed E-state index contributed by atoms with van der Waals surface area (Å²) in [6.45, 7) is 3.28. The van der Waals surface area contributed by atoms with Gasteiger partial charge in [-0.15, -0.1) is 0 Å². The Labute approximate surface area is 121 Å². The van der Waals surface area contributed by atoms with E-state index in [1.54, 1.807) is 0 Å². The summed E-state index contributed by atoms with van der Waals surface area (Å²) >= 11 is 3.43. The first kappa shape index (κ1) is 14.3. The number of benzene rings is 1. The van der Waals surface area contributed by atoms with Crippen molar-refractivity contribution < 1.29 is 14.3 Å². The van der Waals surface area contributed by atoms with Crippen LogP contribution in [0.15, 0.2) is 28.7 Å². The molecule has 5 heteroatoms. The van der Waals surface area contributed by atoms with Gasteiger partial charge >= 0.3 is 0 Å². The average Bonchev–Trinajstić information content (AvgIpc) is 2.46. The molecule has 0 bridgehead atoms. The maximum absolute atomic E-state index is 11.9. The first-order chi connectivity index (χ1) is 9.27. The molecule has 0 aliphatic carbocycles. The van der Waals surface area contributed by atoms with E-state index in [1.807, 2.05) is 29.2 Å². The topological polar surface area (TPSA) is 38.8 Å². The maximum atomic E-state index is 11.9. The highest BCUT2D eigenvalue weighted by Crippen LogP contribution is 2.23. The van der Waals surface area contributed by atoms with Gasteiger partial charge < -0.3 is 14.4 Å². The van der Waals surface area contributed by atoms with Crippen LogP contribution in [0.25, 0.3) is 0 Å². The predicted molar refractivity (Wildman–Crippen MR) is 76.3 cm³/mol. The molecular formula is C14H18BrNO3. The highest BCUT2D eigenvalue weighted by atomic mass is 79.9. The molecule has 0 atom stereocenters. The zero-order chi connectivity index (χ0) is 13.5. The summed E-state index contributed by atoms with van der Waals surface area (Å²) in [7, 11) is 0. The lowest BCUT2D eigenvalue weighted by molar-refractivity contribution is -0.135. The lowest BCUT2D eigenvalue weighted by atomic mass is 10.2. The molecule has 0 N–H and O–H groups in total. The Morgan fingerprint density at radius 3 is 2.79 bits per heavy atom. The van der Waals surface area contributed by atoms with Crippen LogP contribution < -0.4 is 4.74 Å². The standard InChI is InChI=1S/C14H18BrNO3/c15-12-4-1-2-5-13(12)19-9-3-6-14(17)16-7-10-18-11-8-16/h1-2,4-5H,3,6-11H2. The molecule has 19 heavy (non-hydrogen) atoms. The Morgan fingerprint density at radius 1 is 1.32 bits per heavy atom. The van der Waals surface area contributed by atoms with Crippen molar-refractivity contribution >= 4 is 21.8 Å². The Kier molecular flexibility index (Phi) is 5.66. The van der Waals surface area contributed by atoms with Crippen LogP contribution >= 0.6 is 15.9 Å². The van der Waals surface area contributed by atoms with Gasteiger partial charge in [0.05, 0.1) is 24.3 Å². The molecule has 0 saturated carbocycles. The van der Waals surface area contributed by atoms with Crippen LogP contribution in [0.1, 0.15) is 12.8 Å². The third-order valence-electron chi connectivity index (χ3n) is 2.99. The summed E-state index contributed by atoms with van der Waals surface area (Å²) in [4.78, 5) is 13.7. The van der Waals surface area contributed by atoms with Crippen LogP contribution in [0, 0.1) is 0 Å². The summed E-state index contributed by atoms with van der Waals surface area (Å²) in [6, 6.07) is 7.72. The molecule has 0 unspecified atom stereocenters. The molecule has 0 spiro atoms. The van der Waals surface area contributed by atoms with E-state index in [-0.39, 0.29) is 5.91 Å². The second kappa shape index (κ2) is 7.50. The Balaban J connectivity index is 1.66. The van der Waals surface area contributed by atoms with E-state index < -0.39 is 0 Å². The number of hydrogen-bond donors (Lipinski definition) is 0. The Morgan fingerprint density at radius 2 is 2.05 bits per heavy atom. The van der Waals surface area contributed by atoms with Crippen molar-refractivity contribution in [3.8, 4) is 5.75 Å². The monoisotopic (exact) mass is 327 g/mol. The highest BCUT2D eigenvalue weighted by molar-refractivity contribution is 9.10. The van der Waals surface area contributed by atoms with E-state index in [9.17, 15) is 4.79 Å². The molecular weight excluding hydrogens is 310 g/mol. The second-order valence-electron chi connectivity index (χ2n) is 4.38. The third kappa shape index (κ3) is 4.51. The van der Waals surface area contributed by atoms with Crippen molar-refractivity contribution in [2.24, 2.45) is 0 Å². The summed E-state index contributed by atoms with van der Waals surface area (Å²) in [5.74, 6) is 1.01. The third-order valence-corrected chi connectivity index (χ3v) is 3.65. The Hall–Kier alpha value is -1.07. The second-order valence-corrected chi connectivity index (χ2v) is 5.23. The van der Waals surface area contributed by atoms with Gasteiger partial charge in [0.25, 0.3) is 0 Å². The molecule has 1 aliphatic rings. The molecule has 1 saturated heterocycles. The van der Waals surface area contributed by atoms with Crippen LogP contribution in [0.5, 0.6) is 5.75 Å². The number of nitrogens with zero attached hydrogens (tertiary/aromatic N) is 1. The summed E-state index contributed by atoms with van der Waals surface area (Å²) in [5, 5.41) is 0. The van der Waals surface area contributed by atoms with E-state index >= 15 is 0 Å². The summed E-state index contributed by atoms with van der Waals surface area (Å²) < 4.78 is 11.8. The number of amides is 1. The van der Waals surface area contributed by atoms with E-state index in [1.165, 1.54) is 0 Å². The lowest BCUT2D eigenvalue weighted by Crippen LogP contribution is -2.40. The van der Waals surface area contributed by atoms with Crippen molar-refractivity contribution in [3.05, 3.63) is 28.7 Å². The van der Waals surface area contributed by atoms with Gasteiger partial charge in [-0.3, -0.25) is 4.79 Å². The first-order valence-electron chi connectivity index (χ1n) is 6.50. The molecule has 1 amide bonds. The van der Waals surface area contributed by atoms with Gasteiger partial charge in [0, 0.05) is 19.5 Å². The van der Waals surface area contributed by atoms with Gasteiger partial charge in [-0.05, 0) is 34.5 Å². The molecule has 1 fully saturated rings. The quantitative estimate of drug-likeness (QED) is 0.780. The summed E-state index contributed by atoms with van der Waals surface area (Å²) in [6.07, 6.45) is 1.27. The maximum Gasteiger partial charge on any atom is 0.222 e. The summed E-state index contributed by atoms with van der Waals surface area (Å²) in [5.41, 5.74) is 0. The average molecular weight is 328 g/mol. The van der Waals surface area contributed by atoms with Crippen LogP contribution in [0.2, 0.25) is 0 Å². The number of ether oxygens (including phenoxy) is 2. The fourth-order valence-corrected chi connectivity index (χ4v) is 2.34. The van der Waals surface area contributed by atoms with E-state index in [0.717, 1.165) is 16.6 Å². The predicted octanol–water partition coefficient (Wildman–Crippen LogP) is 2.47. The van der Waals surface area contributed by atoms with Gasteiger partial charge in [0.2, 0.25) is 5.91 Å². The number of rotatable bonds is 5. The molecule has 1 aliphatic heterocycles. The number of carbonyl (C=O) groups is 1. The number of hydrogen-bond acceptors (Lipinski definition) is 3. The number of halogens is 1. The molecule has 1 aromatic carbocycles. The van der Waals surface area contributed by atoms with Gasteiger partial charge in [0.15, 0.2) is 0 Å². The minimum Gasteiger partial charge on any atom is -0.492 e. The molecule has 0 aromatic heterocycles. The number of morpholine rings is 1. The van der Waals surface area contributed by atoms with Crippen molar-refractivity contribution in [2.45, 2.75) is 12.8 Å². The van der Waals surface area contributed by atoms with Crippen LogP contribution in [0.3, 0.4) is 0 Å². The number of carbonyl (C=O) groups excluding carboxylic acids is 1. The lowest BCUT2D eigenvalue weighted by Gasteiger charge is -2.26. The van der Waals surface area contributed by atoms with Crippen molar-refractivity contribution in [1.29, 1.82) is 0 Å². The van der Waals surface area contributed by atoms with Gasteiger partial charge in [-0.25, -0.2) is 0 Å². The fraction of sp³-hybridized carbons (Fsp3) is 0.500. The van der Waals surface area contributed by atoms with Crippen molar-refractivity contribution in [1.82, 2.24) is 4.90 Å². The highest BCUT2D eigenvalue weighted by Gasteiger charge is 2.16. The molecule has 1 heterocycles. The first-order valence-corrected chi connectivity index (χ1v) is 7.29. The molecule has 0 radical (unpaired) electrons. The minimum atomic E-state index is 0.194. The van der Waals surface area contributed by atoms with Crippen molar-refractivity contribution in [3.63, 3.8) is 0 Å². The van der Waals surface area contributed by atoms with Crippen LogP contribution in [-0.4, -0.2) is 43.7 Å². The largest absolute Gasteiger partial charge is 0.492 e. The Bertz CT molecular complexity index is 419. The van der Waals surface area contributed by atoms with Gasteiger partial charge in [-0.2, -0.15) is 0 Å². The zero-order valence-electron chi connectivity index (χ0n) is 10.8. The zero-order valence-corrected chi connectivity index (χ0v) is 12.4. The molecule has 104 valence electrons. The molecule has 2 rings (SSSR count). The van der Waals surface area contributed by atoms with Gasteiger partial charge in [-0.1, -0.05) is 12.1 Å². The van der Waals surface area contributed by atoms with Crippen molar-refractivity contribution in [2.75, 3.05) is 32.9 Å². The number of para-hydroxylation sites is 1. The normalized spacial score (nSPS) is 15.3. The van der Waals surface area contributed by atoms with Gasteiger partial charge in [0.1, 0.15) is 5.75 Å². The fourth-order valence-electron chi connectivity index (χ4n) is 1.94. The SMILES string of the molecule is O=C(CCCOc1ccccc1Br)N1CCOCC1. The molecule has 1 aromatic rings. The van der Waals surface area contributed by atoms with E-state index in [0.29, 0.717) is 39.3 Å². The minimum absolute atomic E-state index is 0.194.